The van der Waals surface area contributed by atoms with Crippen LogP contribution in [0.3, 0.4) is 0 Å². The highest BCUT2D eigenvalue weighted by molar-refractivity contribution is 5.95. The van der Waals surface area contributed by atoms with Gasteiger partial charge in [-0.1, -0.05) is 36.4 Å². The molecule has 0 aliphatic heterocycles. The van der Waals surface area contributed by atoms with Gasteiger partial charge in [0.2, 0.25) is 5.91 Å². The topological polar surface area (TPSA) is 92.7 Å². The number of nitriles is 1. The fraction of sp³-hybridized carbons (Fsp3) is 0.130. The summed E-state index contributed by atoms with van der Waals surface area (Å²) >= 11 is 0. The summed E-state index contributed by atoms with van der Waals surface area (Å²) in [6.07, 6.45) is 3.33. The number of hydrogen-bond acceptors (Lipinski definition) is 4. The summed E-state index contributed by atoms with van der Waals surface area (Å²) in [5, 5.41) is 11.8. The van der Waals surface area contributed by atoms with Gasteiger partial charge >= 0.3 is 0 Å². The molecule has 0 bridgehead atoms. The zero-order chi connectivity index (χ0) is 21.1. The molecule has 1 amide bonds. The second-order valence-corrected chi connectivity index (χ2v) is 6.81. The van der Waals surface area contributed by atoms with Gasteiger partial charge in [-0.2, -0.15) is 5.26 Å². The molecule has 1 N–H and O–H groups in total. The number of amides is 1. The van der Waals surface area contributed by atoms with Gasteiger partial charge in [0.25, 0.3) is 5.56 Å². The van der Waals surface area contributed by atoms with Crippen LogP contribution >= 0.6 is 0 Å². The lowest BCUT2D eigenvalue weighted by molar-refractivity contribution is -0.116. The van der Waals surface area contributed by atoms with Crippen LogP contribution in [0.4, 0.5) is 5.69 Å². The van der Waals surface area contributed by atoms with Crippen LogP contribution in [-0.4, -0.2) is 20.0 Å². The van der Waals surface area contributed by atoms with E-state index in [-0.39, 0.29) is 18.0 Å². The number of rotatable bonds is 5. The maximum Gasteiger partial charge on any atom is 0.277 e. The SMILES string of the molecule is CCn1cnc2c(-c3ccccc3)cn(CC(=O)Nc3cccc(C#N)c3)c2c1=O. The van der Waals surface area contributed by atoms with Crippen molar-refractivity contribution in [3.8, 4) is 17.2 Å². The van der Waals surface area contributed by atoms with E-state index in [1.807, 2.05) is 43.3 Å². The fourth-order valence-corrected chi connectivity index (χ4v) is 3.42. The average Bonchev–Trinajstić information content (AvgIpc) is 3.13. The molecule has 2 aromatic heterocycles. The molecule has 2 aromatic carbocycles. The number of hydrogen-bond donors (Lipinski definition) is 1. The van der Waals surface area contributed by atoms with Gasteiger partial charge in [0, 0.05) is 24.0 Å². The molecular formula is C23H19N5O2. The molecule has 0 spiro atoms. The number of aryl methyl sites for hydroxylation is 1. The summed E-state index contributed by atoms with van der Waals surface area (Å²) in [4.78, 5) is 30.2. The Morgan fingerprint density at radius 2 is 1.93 bits per heavy atom. The van der Waals surface area contributed by atoms with Gasteiger partial charge in [-0.25, -0.2) is 4.98 Å². The minimum atomic E-state index is -0.298. The summed E-state index contributed by atoms with van der Waals surface area (Å²) in [6.45, 7) is 2.31. The predicted octanol–water partition coefficient (Wildman–Crippen LogP) is 3.40. The van der Waals surface area contributed by atoms with Crippen molar-refractivity contribution in [2.24, 2.45) is 0 Å². The number of anilines is 1. The van der Waals surface area contributed by atoms with E-state index in [4.69, 9.17) is 5.26 Å². The van der Waals surface area contributed by atoms with E-state index in [0.717, 1.165) is 11.1 Å². The molecule has 7 nitrogen and oxygen atoms in total. The second-order valence-electron chi connectivity index (χ2n) is 6.81. The summed E-state index contributed by atoms with van der Waals surface area (Å²) in [6, 6.07) is 18.4. The molecule has 0 radical (unpaired) electrons. The van der Waals surface area contributed by atoms with Crippen molar-refractivity contribution in [1.29, 1.82) is 5.26 Å². The summed E-state index contributed by atoms with van der Waals surface area (Å²) < 4.78 is 3.16. The Balaban J connectivity index is 1.75. The van der Waals surface area contributed by atoms with Crippen LogP contribution < -0.4 is 10.9 Å². The Morgan fingerprint density at radius 3 is 2.67 bits per heavy atom. The van der Waals surface area contributed by atoms with Crippen molar-refractivity contribution < 1.29 is 4.79 Å². The highest BCUT2D eigenvalue weighted by Gasteiger charge is 2.17. The Kier molecular flexibility index (Phi) is 5.14. The van der Waals surface area contributed by atoms with Crippen LogP contribution in [0.15, 0.2) is 71.9 Å². The third kappa shape index (κ3) is 3.59. The molecule has 30 heavy (non-hydrogen) atoms. The van der Waals surface area contributed by atoms with Crippen molar-refractivity contribution in [3.05, 3.63) is 83.0 Å². The zero-order valence-electron chi connectivity index (χ0n) is 16.4. The molecule has 4 rings (SSSR count). The third-order valence-electron chi connectivity index (χ3n) is 4.86. The summed E-state index contributed by atoms with van der Waals surface area (Å²) in [5.41, 5.74) is 3.47. The smallest absolute Gasteiger partial charge is 0.277 e. The quantitative estimate of drug-likeness (QED) is 0.559. The van der Waals surface area contributed by atoms with Gasteiger partial charge < -0.3 is 9.88 Å². The van der Waals surface area contributed by atoms with Crippen LogP contribution in [0.5, 0.6) is 0 Å². The number of carbonyl (C=O) groups is 1. The van der Waals surface area contributed by atoms with Crippen LogP contribution in [0, 0.1) is 11.3 Å². The average molecular weight is 397 g/mol. The Hall–Kier alpha value is -4.18. The van der Waals surface area contributed by atoms with E-state index in [1.165, 1.54) is 10.9 Å². The highest BCUT2D eigenvalue weighted by Crippen LogP contribution is 2.27. The standard InChI is InChI=1S/C23H19N5O2/c1-2-27-15-25-21-19(17-8-4-3-5-9-17)13-28(22(21)23(27)30)14-20(29)26-18-10-6-7-16(11-18)12-24/h3-11,13,15H,2,14H2,1H3,(H,26,29). The largest absolute Gasteiger partial charge is 0.332 e. The highest BCUT2D eigenvalue weighted by atomic mass is 16.2. The minimum absolute atomic E-state index is 0.0508. The van der Waals surface area contributed by atoms with Gasteiger partial charge in [-0.15, -0.1) is 0 Å². The third-order valence-corrected chi connectivity index (χ3v) is 4.86. The van der Waals surface area contributed by atoms with Crippen molar-refractivity contribution in [2.75, 3.05) is 5.32 Å². The predicted molar refractivity (Wildman–Crippen MR) is 115 cm³/mol. The molecule has 0 aliphatic carbocycles. The van der Waals surface area contributed by atoms with Crippen LogP contribution in [-0.2, 0) is 17.9 Å². The molecular weight excluding hydrogens is 378 g/mol. The molecule has 0 unspecified atom stereocenters. The molecule has 7 heteroatoms. The molecule has 2 heterocycles. The second kappa shape index (κ2) is 8.05. The molecule has 0 saturated carbocycles. The van der Waals surface area contributed by atoms with Gasteiger partial charge in [0.15, 0.2) is 0 Å². The molecule has 148 valence electrons. The Labute approximate surface area is 172 Å². The normalized spacial score (nSPS) is 10.7. The fourth-order valence-electron chi connectivity index (χ4n) is 3.42. The van der Waals surface area contributed by atoms with Gasteiger partial charge in [-0.05, 0) is 30.7 Å². The van der Waals surface area contributed by atoms with Crippen LogP contribution in [0.1, 0.15) is 12.5 Å². The van der Waals surface area contributed by atoms with Crippen molar-refractivity contribution in [3.63, 3.8) is 0 Å². The van der Waals surface area contributed by atoms with Crippen LogP contribution in [0.25, 0.3) is 22.2 Å². The monoisotopic (exact) mass is 397 g/mol. The van der Waals surface area contributed by atoms with E-state index in [9.17, 15) is 9.59 Å². The number of benzene rings is 2. The molecule has 0 saturated heterocycles. The first-order chi connectivity index (χ1) is 14.6. The molecule has 0 aliphatic rings. The van der Waals surface area contributed by atoms with Crippen molar-refractivity contribution in [2.45, 2.75) is 20.0 Å². The van der Waals surface area contributed by atoms with E-state index in [2.05, 4.69) is 10.3 Å². The number of carbonyl (C=O) groups excluding carboxylic acids is 1. The summed E-state index contributed by atoms with van der Waals surface area (Å²) in [7, 11) is 0. The molecule has 4 aromatic rings. The number of nitrogens with zero attached hydrogens (tertiary/aromatic N) is 4. The summed E-state index contributed by atoms with van der Waals surface area (Å²) in [5.74, 6) is -0.298. The number of fused-ring (bicyclic) bond motifs is 1. The lowest BCUT2D eigenvalue weighted by Gasteiger charge is -2.08. The van der Waals surface area contributed by atoms with Crippen molar-refractivity contribution >= 4 is 22.6 Å². The van der Waals surface area contributed by atoms with Gasteiger partial charge in [0.1, 0.15) is 17.6 Å². The van der Waals surface area contributed by atoms with E-state index in [1.54, 1.807) is 35.0 Å². The first-order valence-electron chi connectivity index (χ1n) is 9.54. The van der Waals surface area contributed by atoms with Crippen LogP contribution in [0.2, 0.25) is 0 Å². The Morgan fingerprint density at radius 1 is 1.13 bits per heavy atom. The molecule has 0 fully saturated rings. The maximum atomic E-state index is 13.0. The lowest BCUT2D eigenvalue weighted by atomic mass is 10.1. The van der Waals surface area contributed by atoms with E-state index < -0.39 is 0 Å². The lowest BCUT2D eigenvalue weighted by Crippen LogP contribution is -2.24. The Bertz CT molecular complexity index is 1330. The van der Waals surface area contributed by atoms with Gasteiger partial charge in [-0.3, -0.25) is 14.2 Å². The van der Waals surface area contributed by atoms with E-state index in [0.29, 0.717) is 28.8 Å². The number of aromatic nitrogens is 3. The maximum absolute atomic E-state index is 13.0. The van der Waals surface area contributed by atoms with Gasteiger partial charge in [0.05, 0.1) is 18.0 Å². The minimum Gasteiger partial charge on any atom is -0.332 e. The van der Waals surface area contributed by atoms with E-state index >= 15 is 0 Å². The first-order valence-corrected chi connectivity index (χ1v) is 9.54. The first kappa shape index (κ1) is 19.2. The number of nitrogens with one attached hydrogen (secondary N) is 1. The zero-order valence-corrected chi connectivity index (χ0v) is 16.4. The van der Waals surface area contributed by atoms with Crippen molar-refractivity contribution in [1.82, 2.24) is 14.1 Å². The molecule has 0 atom stereocenters.